The second kappa shape index (κ2) is 12.5. The molecular formula is C19H40N2. The summed E-state index contributed by atoms with van der Waals surface area (Å²) in [6, 6.07) is 0.566. The second-order valence-corrected chi connectivity index (χ2v) is 7.32. The molecule has 1 fully saturated rings. The molecule has 1 saturated carbocycles. The van der Waals surface area contributed by atoms with Crippen molar-refractivity contribution >= 4 is 0 Å². The number of nitrogens with two attached hydrogens (primary N) is 1. The summed E-state index contributed by atoms with van der Waals surface area (Å²) >= 11 is 0. The van der Waals surface area contributed by atoms with E-state index in [1.54, 1.807) is 0 Å². The Balaban J connectivity index is 1.93. The van der Waals surface area contributed by atoms with Gasteiger partial charge < -0.3 is 0 Å². The van der Waals surface area contributed by atoms with Crippen LogP contribution >= 0.6 is 0 Å². The van der Waals surface area contributed by atoms with E-state index in [1.165, 1.54) is 89.9 Å². The summed E-state index contributed by atoms with van der Waals surface area (Å²) in [7, 11) is 0. The van der Waals surface area contributed by atoms with Crippen LogP contribution in [0, 0.1) is 11.8 Å². The Labute approximate surface area is 133 Å². The number of hydrogen-bond acceptors (Lipinski definition) is 2. The molecule has 3 unspecified atom stereocenters. The van der Waals surface area contributed by atoms with Gasteiger partial charge in [0.2, 0.25) is 0 Å². The Hall–Kier alpha value is -0.0800. The highest BCUT2D eigenvalue weighted by Gasteiger charge is 2.29. The van der Waals surface area contributed by atoms with E-state index in [0.717, 1.165) is 11.8 Å². The minimum Gasteiger partial charge on any atom is -0.271 e. The highest BCUT2D eigenvalue weighted by Crippen LogP contribution is 2.35. The molecule has 0 spiro atoms. The minimum absolute atomic E-state index is 0.566. The Morgan fingerprint density at radius 1 is 0.905 bits per heavy atom. The summed E-state index contributed by atoms with van der Waals surface area (Å²) in [5.74, 6) is 7.48. The first-order valence-corrected chi connectivity index (χ1v) is 9.75. The lowest BCUT2D eigenvalue weighted by Gasteiger charge is -2.26. The van der Waals surface area contributed by atoms with Crippen molar-refractivity contribution in [2.24, 2.45) is 17.7 Å². The zero-order valence-corrected chi connectivity index (χ0v) is 14.7. The van der Waals surface area contributed by atoms with Gasteiger partial charge in [0.05, 0.1) is 0 Å². The molecule has 126 valence electrons. The zero-order valence-electron chi connectivity index (χ0n) is 14.7. The van der Waals surface area contributed by atoms with Gasteiger partial charge in [-0.1, -0.05) is 90.9 Å². The number of unbranched alkanes of at least 4 members (excludes halogenated alkanes) is 9. The predicted octanol–water partition coefficient (Wildman–Crippen LogP) is 5.57. The lowest BCUT2D eigenvalue weighted by molar-refractivity contribution is 0.279. The number of hydrogen-bond donors (Lipinski definition) is 2. The van der Waals surface area contributed by atoms with Crippen molar-refractivity contribution in [1.29, 1.82) is 0 Å². The van der Waals surface area contributed by atoms with Gasteiger partial charge >= 0.3 is 0 Å². The van der Waals surface area contributed by atoms with Gasteiger partial charge in [0.1, 0.15) is 0 Å². The molecule has 1 rings (SSSR count). The highest BCUT2D eigenvalue weighted by molar-refractivity contribution is 4.83. The van der Waals surface area contributed by atoms with Crippen molar-refractivity contribution in [2.45, 2.75) is 110 Å². The van der Waals surface area contributed by atoms with Gasteiger partial charge in [0.15, 0.2) is 0 Å². The van der Waals surface area contributed by atoms with Crippen LogP contribution in [0.15, 0.2) is 0 Å². The molecule has 0 aromatic rings. The van der Waals surface area contributed by atoms with E-state index in [0.29, 0.717) is 6.04 Å². The predicted molar refractivity (Wildman–Crippen MR) is 94.1 cm³/mol. The van der Waals surface area contributed by atoms with Crippen molar-refractivity contribution in [3.8, 4) is 0 Å². The van der Waals surface area contributed by atoms with Crippen LogP contribution in [0.4, 0.5) is 0 Å². The van der Waals surface area contributed by atoms with Crippen LogP contribution in [0.3, 0.4) is 0 Å². The van der Waals surface area contributed by atoms with Gasteiger partial charge in [-0.05, 0) is 24.7 Å². The van der Waals surface area contributed by atoms with E-state index in [2.05, 4.69) is 19.3 Å². The van der Waals surface area contributed by atoms with E-state index < -0.39 is 0 Å². The molecule has 3 N–H and O–H groups in total. The van der Waals surface area contributed by atoms with E-state index in [-0.39, 0.29) is 0 Å². The van der Waals surface area contributed by atoms with Gasteiger partial charge in [-0.25, -0.2) is 0 Å². The highest BCUT2D eigenvalue weighted by atomic mass is 15.2. The van der Waals surface area contributed by atoms with Gasteiger partial charge in [0, 0.05) is 6.04 Å². The Bertz CT molecular complexity index is 230. The molecular weight excluding hydrogens is 256 g/mol. The van der Waals surface area contributed by atoms with Gasteiger partial charge in [-0.15, -0.1) is 0 Å². The normalized spacial score (nSPS) is 23.6. The van der Waals surface area contributed by atoms with E-state index in [1.807, 2.05) is 0 Å². The fourth-order valence-corrected chi connectivity index (χ4v) is 4.04. The zero-order chi connectivity index (χ0) is 15.3. The Morgan fingerprint density at radius 3 is 1.95 bits per heavy atom. The lowest BCUT2D eigenvalue weighted by atomic mass is 9.87. The average molecular weight is 297 g/mol. The molecule has 2 nitrogen and oxygen atoms in total. The maximum Gasteiger partial charge on any atom is 0.0241 e. The molecule has 0 heterocycles. The maximum absolute atomic E-state index is 5.79. The molecule has 0 saturated heterocycles. The molecule has 2 heteroatoms. The Kier molecular flexibility index (Phi) is 11.3. The maximum atomic E-state index is 5.79. The van der Waals surface area contributed by atoms with Crippen molar-refractivity contribution in [1.82, 2.24) is 5.43 Å². The SMILES string of the molecule is CCCCCCCCCCCCC(NN)C1CCCC1C. The van der Waals surface area contributed by atoms with Crippen molar-refractivity contribution in [3.63, 3.8) is 0 Å². The number of nitrogens with one attached hydrogen (secondary N) is 1. The first kappa shape index (κ1) is 19.0. The first-order chi connectivity index (χ1) is 10.3. The van der Waals surface area contributed by atoms with Crippen LogP contribution in [0.1, 0.15) is 104 Å². The van der Waals surface area contributed by atoms with Crippen molar-refractivity contribution in [3.05, 3.63) is 0 Å². The number of rotatable bonds is 13. The van der Waals surface area contributed by atoms with E-state index in [4.69, 9.17) is 5.84 Å². The summed E-state index contributed by atoms with van der Waals surface area (Å²) in [5, 5.41) is 0. The fourth-order valence-electron chi connectivity index (χ4n) is 4.04. The smallest absolute Gasteiger partial charge is 0.0241 e. The molecule has 0 amide bonds. The molecule has 21 heavy (non-hydrogen) atoms. The summed E-state index contributed by atoms with van der Waals surface area (Å²) in [5.41, 5.74) is 3.11. The third-order valence-corrected chi connectivity index (χ3v) is 5.53. The third-order valence-electron chi connectivity index (χ3n) is 5.53. The molecule has 0 bridgehead atoms. The topological polar surface area (TPSA) is 38.0 Å². The fraction of sp³-hybridized carbons (Fsp3) is 1.00. The van der Waals surface area contributed by atoms with E-state index >= 15 is 0 Å². The molecule has 1 aliphatic rings. The van der Waals surface area contributed by atoms with Crippen LogP contribution < -0.4 is 11.3 Å². The molecule has 3 atom stereocenters. The van der Waals surface area contributed by atoms with Crippen LogP contribution in [0.5, 0.6) is 0 Å². The van der Waals surface area contributed by atoms with Gasteiger partial charge in [-0.3, -0.25) is 11.3 Å². The van der Waals surface area contributed by atoms with Crippen LogP contribution in [0.25, 0.3) is 0 Å². The van der Waals surface area contributed by atoms with Gasteiger partial charge in [-0.2, -0.15) is 0 Å². The summed E-state index contributed by atoms with van der Waals surface area (Å²) in [4.78, 5) is 0. The van der Waals surface area contributed by atoms with Crippen LogP contribution in [0.2, 0.25) is 0 Å². The first-order valence-electron chi connectivity index (χ1n) is 9.75. The van der Waals surface area contributed by atoms with Crippen molar-refractivity contribution < 1.29 is 0 Å². The number of hydrazine groups is 1. The molecule has 0 aliphatic heterocycles. The van der Waals surface area contributed by atoms with Crippen LogP contribution in [-0.2, 0) is 0 Å². The minimum atomic E-state index is 0.566. The molecule has 1 aliphatic carbocycles. The average Bonchev–Trinajstić information content (AvgIpc) is 2.91. The second-order valence-electron chi connectivity index (χ2n) is 7.32. The largest absolute Gasteiger partial charge is 0.271 e. The lowest BCUT2D eigenvalue weighted by Crippen LogP contribution is -2.41. The Morgan fingerprint density at radius 2 is 1.48 bits per heavy atom. The summed E-state index contributed by atoms with van der Waals surface area (Å²) < 4.78 is 0. The molecule has 0 radical (unpaired) electrons. The van der Waals surface area contributed by atoms with E-state index in [9.17, 15) is 0 Å². The molecule has 0 aromatic carbocycles. The van der Waals surface area contributed by atoms with Crippen LogP contribution in [-0.4, -0.2) is 6.04 Å². The van der Waals surface area contributed by atoms with Gasteiger partial charge in [0.25, 0.3) is 0 Å². The molecule has 0 aromatic heterocycles. The monoisotopic (exact) mass is 296 g/mol. The third kappa shape index (κ3) is 8.21. The quantitative estimate of drug-likeness (QED) is 0.265. The summed E-state index contributed by atoms with van der Waals surface area (Å²) in [6.45, 7) is 4.69. The van der Waals surface area contributed by atoms with Crippen molar-refractivity contribution in [2.75, 3.05) is 0 Å². The standard InChI is InChI=1S/C19H40N2/c1-3-4-5-6-7-8-9-10-11-12-16-19(21-20)18-15-13-14-17(18)2/h17-19,21H,3-16,20H2,1-2H3. The summed E-state index contributed by atoms with van der Waals surface area (Å²) in [6.07, 6.45) is 19.7.